The van der Waals surface area contributed by atoms with Crippen LogP contribution in [0.25, 0.3) is 27.1 Å². The molecule has 0 unspecified atom stereocenters. The van der Waals surface area contributed by atoms with Crippen LogP contribution in [-0.2, 0) is 23.9 Å². The minimum Gasteiger partial charge on any atom is -0.481 e. The summed E-state index contributed by atoms with van der Waals surface area (Å²) in [6.07, 6.45) is 5.76. The number of nitrogens with one attached hydrogen (secondary N) is 2. The molecule has 74 heavy (non-hydrogen) atoms. The van der Waals surface area contributed by atoms with E-state index in [-0.39, 0.29) is 43.1 Å². The molecule has 0 saturated carbocycles. The Balaban J connectivity index is 0.000000464. The molecule has 6 heterocycles. The first kappa shape index (κ1) is 66.5. The molecular weight excluding hydrogens is 1320 g/mol. The van der Waals surface area contributed by atoms with Crippen molar-refractivity contribution in [2.45, 2.75) is 80.4 Å². The molecule has 0 spiro atoms. The van der Waals surface area contributed by atoms with Gasteiger partial charge in [-0.2, -0.15) is 4.79 Å². The Morgan fingerprint density at radius 2 is 1.12 bits per heavy atom. The number of carboxylic acids is 2. The molecule has 6 rings (SSSR count). The second kappa shape index (κ2) is 29.6. The summed E-state index contributed by atoms with van der Waals surface area (Å²) in [5.41, 5.74) is 12.9. The molecule has 6 N–H and O–H groups in total. The van der Waals surface area contributed by atoms with Crippen LogP contribution in [-0.4, -0.2) is 97.4 Å². The van der Waals surface area contributed by atoms with E-state index in [0.29, 0.717) is 45.1 Å². The standard InChI is InChI=1S/C14H14BrClN2O3.C9H6BrClN2O.C8H12N2O3.C6H4BrClN2O.C6H3BrClNO2.C2H4O2/c1-6-8(13(20)21-14(2,3)4)7-5-17-11(16)10(15)9(7)12(19)18-6;1-4-2-5-3-12-8(11)7(10)6(5)9(14)13-4;1-5(11)6(10-9)7(12)13-8(2,3)4;7-4-3(6(9)11)1-2-10-5(4)8;7-4-3(6(10)11)1-2-9-5(4)8;1-2(3)4/h5H,1-4H3,(H,18,19);2-3H,1H3,(H,13,14);1-4H3;1-2H,(H2,9,11);1-2H,(H,10,11);1H3,(H,3,4). The molecule has 21 nitrogen and oxygen atoms in total. The number of H-pyrrole nitrogens is 2. The minimum absolute atomic E-state index is 0.116. The van der Waals surface area contributed by atoms with E-state index in [1.165, 1.54) is 30.7 Å². The predicted octanol–water partition coefficient (Wildman–Crippen LogP) is 10.7. The number of primary amides is 1. The molecule has 396 valence electrons. The van der Waals surface area contributed by atoms with E-state index in [4.69, 9.17) is 82.1 Å². The molecule has 6 aromatic heterocycles. The highest BCUT2D eigenvalue weighted by Gasteiger charge is 2.31. The van der Waals surface area contributed by atoms with Crippen LogP contribution >= 0.6 is 110 Å². The van der Waals surface area contributed by atoms with Gasteiger partial charge in [-0.3, -0.25) is 24.0 Å². The highest BCUT2D eigenvalue weighted by Crippen LogP contribution is 2.31. The number of aliphatic carboxylic acids is 1. The number of esters is 2. The third-order valence-electron chi connectivity index (χ3n) is 7.88. The lowest BCUT2D eigenvalue weighted by molar-refractivity contribution is -0.152. The van der Waals surface area contributed by atoms with Gasteiger partial charge in [0.2, 0.25) is 11.7 Å². The number of hydrogen-bond acceptors (Lipinski definition) is 14. The average molecular weight is 1360 g/mol. The molecule has 1 amide bonds. The Morgan fingerprint density at radius 1 is 0.689 bits per heavy atom. The summed E-state index contributed by atoms with van der Waals surface area (Å²) in [5.74, 6) is -4.45. The Morgan fingerprint density at radius 3 is 1.54 bits per heavy atom. The monoisotopic (exact) mass is 1360 g/mol. The molecular formula is C45H43Br4Cl4N9O12. The van der Waals surface area contributed by atoms with Crippen LogP contribution < -0.4 is 16.9 Å². The van der Waals surface area contributed by atoms with Gasteiger partial charge in [-0.05, 0) is 137 Å². The fourth-order valence-electron chi connectivity index (χ4n) is 5.07. The SMILES string of the molecule is CC(=O)C(=[N+]=[N-])C(=O)OC(C)(C)C.CC(=O)O.Cc1[nH]c(=O)c2c(Br)c(Cl)ncc2c1C(=O)OC(C)(C)C.Cc1cc2cnc(Cl)c(Br)c2c(=O)[nH]1.NC(=O)c1ccnc(Cl)c1Br.O=C(O)c1ccnc(Cl)c1Br. The molecule has 0 bridgehead atoms. The second-order valence-electron chi connectivity index (χ2n) is 16.2. The van der Waals surface area contributed by atoms with Crippen LogP contribution in [0.5, 0.6) is 0 Å². The first-order valence-corrected chi connectivity index (χ1v) is 24.9. The van der Waals surface area contributed by atoms with E-state index in [1.807, 2.05) is 13.0 Å². The van der Waals surface area contributed by atoms with Gasteiger partial charge in [-0.25, -0.2) is 34.3 Å². The van der Waals surface area contributed by atoms with Gasteiger partial charge < -0.3 is 40.9 Å². The summed E-state index contributed by atoms with van der Waals surface area (Å²) in [5, 5.41) is 18.8. The number of aromatic nitrogens is 6. The normalized spacial score (nSPS) is 10.4. The Labute approximate surface area is 474 Å². The summed E-state index contributed by atoms with van der Waals surface area (Å²) < 4.78 is 11.8. The molecule has 0 aliphatic carbocycles. The number of aromatic amines is 2. The molecule has 0 aliphatic rings. The molecule has 0 atom stereocenters. The van der Waals surface area contributed by atoms with Gasteiger partial charge in [0.25, 0.3) is 17.1 Å². The highest BCUT2D eigenvalue weighted by molar-refractivity contribution is 9.11. The van der Waals surface area contributed by atoms with E-state index < -0.39 is 52.5 Å². The van der Waals surface area contributed by atoms with Crippen molar-refractivity contribution in [3.05, 3.63) is 136 Å². The van der Waals surface area contributed by atoms with Crippen LogP contribution in [0.15, 0.2) is 70.5 Å². The summed E-state index contributed by atoms with van der Waals surface area (Å²) >= 11 is 35.4. The number of pyridine rings is 6. The number of nitrogens with zero attached hydrogens (tertiary/aromatic N) is 6. The maximum absolute atomic E-state index is 12.4. The predicted molar refractivity (Wildman–Crippen MR) is 293 cm³/mol. The number of ketones is 1. The maximum atomic E-state index is 12.4. The zero-order chi connectivity index (χ0) is 57.3. The number of nitrogens with two attached hydrogens (primary N) is 1. The van der Waals surface area contributed by atoms with Gasteiger partial charge in [0.05, 0.1) is 45.4 Å². The third kappa shape index (κ3) is 21.0. The molecule has 0 aliphatic heterocycles. The fraction of sp³-hybridized carbons (Fsp3) is 0.267. The quantitative estimate of drug-likeness (QED) is 0.0267. The molecule has 0 radical (unpaired) electrons. The van der Waals surface area contributed by atoms with Gasteiger partial charge in [-0.1, -0.05) is 46.4 Å². The van der Waals surface area contributed by atoms with E-state index in [9.17, 15) is 33.6 Å². The van der Waals surface area contributed by atoms with E-state index in [0.717, 1.165) is 24.9 Å². The zero-order valence-corrected chi connectivity index (χ0v) is 49.7. The van der Waals surface area contributed by atoms with Gasteiger partial charge in [-0.15, -0.1) is 0 Å². The molecule has 0 aromatic carbocycles. The number of halogens is 8. The van der Waals surface area contributed by atoms with Crippen molar-refractivity contribution < 1.29 is 53.2 Å². The summed E-state index contributed by atoms with van der Waals surface area (Å²) in [6.45, 7) is 16.0. The number of aromatic carboxylic acids is 1. The topological polar surface area (TPSA) is 341 Å². The minimum atomic E-state index is -1.03. The summed E-state index contributed by atoms with van der Waals surface area (Å²) in [4.78, 5) is 111. The van der Waals surface area contributed by atoms with Crippen molar-refractivity contribution in [2.75, 3.05) is 0 Å². The number of fused-ring (bicyclic) bond motifs is 2. The molecule has 6 aromatic rings. The van der Waals surface area contributed by atoms with Crippen molar-refractivity contribution in [1.82, 2.24) is 29.9 Å². The number of Topliss-reactive ketones (excluding diaryl/α,β-unsaturated/α-hetero) is 1. The third-order valence-corrected chi connectivity index (χ3v) is 13.1. The first-order valence-electron chi connectivity index (χ1n) is 20.2. The summed E-state index contributed by atoms with van der Waals surface area (Å²) in [7, 11) is 0. The van der Waals surface area contributed by atoms with E-state index >= 15 is 0 Å². The smallest absolute Gasteiger partial charge is 0.441 e. The highest BCUT2D eigenvalue weighted by atomic mass is 79.9. The van der Waals surface area contributed by atoms with E-state index in [2.05, 4.69) is 98.4 Å². The fourth-order valence-corrected chi connectivity index (χ4v) is 7.51. The summed E-state index contributed by atoms with van der Waals surface area (Å²) in [6, 6.07) is 4.72. The van der Waals surface area contributed by atoms with Crippen molar-refractivity contribution in [1.29, 1.82) is 0 Å². The number of carboxylic acid groups (broad SMARTS) is 2. The Hall–Kier alpha value is -5.50. The molecule has 29 heteroatoms. The lowest BCUT2D eigenvalue weighted by Crippen LogP contribution is -2.32. The number of aryl methyl sites for hydroxylation is 2. The largest absolute Gasteiger partial charge is 0.481 e. The number of rotatable bonds is 5. The van der Waals surface area contributed by atoms with Gasteiger partial charge >= 0.3 is 23.6 Å². The van der Waals surface area contributed by atoms with Gasteiger partial charge in [0.1, 0.15) is 31.8 Å². The van der Waals surface area contributed by atoms with Crippen LogP contribution in [0.2, 0.25) is 20.6 Å². The number of hydrogen-bond donors (Lipinski definition) is 5. The van der Waals surface area contributed by atoms with Crippen LogP contribution in [0.4, 0.5) is 0 Å². The number of amides is 1. The Kier molecular flexibility index (Phi) is 26.6. The van der Waals surface area contributed by atoms with Gasteiger partial charge in [0.15, 0.2) is 0 Å². The first-order chi connectivity index (χ1) is 34.0. The van der Waals surface area contributed by atoms with Crippen molar-refractivity contribution in [3.8, 4) is 0 Å². The maximum Gasteiger partial charge on any atom is 0.441 e. The molecule has 0 fully saturated rings. The Bertz CT molecular complexity index is 3240. The van der Waals surface area contributed by atoms with Crippen molar-refractivity contribution in [3.63, 3.8) is 0 Å². The van der Waals surface area contributed by atoms with Crippen LogP contribution in [0.1, 0.15) is 97.9 Å². The van der Waals surface area contributed by atoms with E-state index in [1.54, 1.807) is 54.7 Å². The van der Waals surface area contributed by atoms with Crippen LogP contribution in [0.3, 0.4) is 0 Å². The van der Waals surface area contributed by atoms with Crippen molar-refractivity contribution in [2.24, 2.45) is 5.73 Å². The van der Waals surface area contributed by atoms with Gasteiger partial charge in [0, 0.05) is 60.8 Å². The van der Waals surface area contributed by atoms with Crippen molar-refractivity contribution >= 4 is 173 Å². The number of ether oxygens (including phenoxy) is 2. The lowest BCUT2D eigenvalue weighted by Gasteiger charge is -2.20. The zero-order valence-electron chi connectivity index (χ0n) is 40.3. The van der Waals surface area contributed by atoms with Crippen LogP contribution in [0, 0.1) is 13.8 Å². The second-order valence-corrected chi connectivity index (χ2v) is 20.8. The average Bonchev–Trinajstić information content (AvgIpc) is 3.24. The number of carbonyl (C=O) groups is 6. The number of carbonyl (C=O) groups excluding carboxylic acids is 4. The molecule has 0 saturated heterocycles. The lowest BCUT2D eigenvalue weighted by atomic mass is 10.1.